The molecule has 0 heterocycles. The Morgan fingerprint density at radius 2 is 1.00 bits per heavy atom. The lowest BCUT2D eigenvalue weighted by atomic mass is 10.2. The Bertz CT molecular complexity index is 1520. The van der Waals surface area contributed by atoms with E-state index in [4.69, 9.17) is 0 Å². The number of allylic oxidation sites excluding steroid dienone is 4. The quantitative estimate of drug-likeness (QED) is 0.175. The second-order valence-corrected chi connectivity index (χ2v) is 15.2. The lowest BCUT2D eigenvalue weighted by Crippen LogP contribution is -2.21. The first-order chi connectivity index (χ1) is 19.3. The van der Waals surface area contributed by atoms with Crippen LogP contribution in [0, 0.1) is 0 Å². The highest BCUT2D eigenvalue weighted by molar-refractivity contribution is 7.99. The SMILES string of the molecule is C1=CCC(P(c2ccccc2)c2cccc(Sc3cccc(P(c4ccccc4)c4ccccc4)c3)c2)C=C1. The molecule has 0 aromatic heterocycles. The molecule has 5 aromatic rings. The third kappa shape index (κ3) is 6.34. The van der Waals surface area contributed by atoms with Gasteiger partial charge in [0.25, 0.3) is 0 Å². The molecule has 0 saturated heterocycles. The zero-order valence-corrected chi connectivity index (χ0v) is 24.3. The van der Waals surface area contributed by atoms with Crippen molar-refractivity contribution in [2.75, 3.05) is 0 Å². The van der Waals surface area contributed by atoms with Crippen molar-refractivity contribution in [2.24, 2.45) is 0 Å². The maximum Gasteiger partial charge on any atom is 0.0128 e. The van der Waals surface area contributed by atoms with Crippen LogP contribution >= 0.6 is 27.6 Å². The molecule has 190 valence electrons. The Morgan fingerprint density at radius 3 is 1.56 bits per heavy atom. The zero-order valence-electron chi connectivity index (χ0n) is 21.7. The van der Waals surface area contributed by atoms with Crippen molar-refractivity contribution >= 4 is 54.1 Å². The Balaban J connectivity index is 1.32. The summed E-state index contributed by atoms with van der Waals surface area (Å²) in [6, 6.07) is 51.4. The summed E-state index contributed by atoms with van der Waals surface area (Å²) >= 11 is 1.87. The first-order valence-corrected chi connectivity index (χ1v) is 16.9. The molecule has 0 fully saturated rings. The smallest absolute Gasteiger partial charge is 0.0128 e. The first-order valence-electron chi connectivity index (χ1n) is 13.3. The van der Waals surface area contributed by atoms with Gasteiger partial charge in [-0.05, 0) is 73.1 Å². The van der Waals surface area contributed by atoms with Crippen molar-refractivity contribution < 1.29 is 0 Å². The molecule has 0 nitrogen and oxygen atoms in total. The fraction of sp³-hybridized carbons (Fsp3) is 0.0556. The molecule has 2 unspecified atom stereocenters. The number of rotatable bonds is 8. The van der Waals surface area contributed by atoms with E-state index in [0.29, 0.717) is 5.66 Å². The second kappa shape index (κ2) is 12.8. The Hall–Kier alpha value is -3.21. The molecule has 1 aliphatic carbocycles. The van der Waals surface area contributed by atoms with E-state index in [1.165, 1.54) is 36.3 Å². The third-order valence-electron chi connectivity index (χ3n) is 6.76. The molecule has 0 aliphatic heterocycles. The molecule has 0 bridgehead atoms. The van der Waals surface area contributed by atoms with Gasteiger partial charge >= 0.3 is 0 Å². The molecule has 0 N–H and O–H groups in total. The maximum absolute atomic E-state index is 2.43. The minimum absolute atomic E-state index is 0.485. The van der Waals surface area contributed by atoms with Crippen LogP contribution in [-0.4, -0.2) is 5.66 Å². The lowest BCUT2D eigenvalue weighted by molar-refractivity contribution is 1.05. The number of hydrogen-bond donors (Lipinski definition) is 0. The summed E-state index contributed by atoms with van der Waals surface area (Å²) in [5.74, 6) is 0. The van der Waals surface area contributed by atoms with Gasteiger partial charge in [-0.25, -0.2) is 0 Å². The van der Waals surface area contributed by atoms with Gasteiger partial charge in [0.1, 0.15) is 0 Å². The molecule has 6 rings (SSSR count). The van der Waals surface area contributed by atoms with E-state index >= 15 is 0 Å². The molecule has 0 amide bonds. The minimum atomic E-state index is -0.617. The molecule has 0 spiro atoms. The standard InChI is InChI=1S/C36H30P2S/c1-5-15-29(16-6-1)37(30-17-7-2-8-18-30)33-23-13-25-35(27-33)39-36-26-14-24-34(28-36)38(31-19-9-3-10-20-31)32-21-11-4-12-22-32/h1-21,23-28,32H,22H2. The van der Waals surface area contributed by atoms with Gasteiger partial charge in [-0.1, -0.05) is 151 Å². The van der Waals surface area contributed by atoms with Gasteiger partial charge in [0.15, 0.2) is 0 Å². The average Bonchev–Trinajstić information content (AvgIpc) is 3.00. The Kier molecular flexibility index (Phi) is 8.52. The predicted octanol–water partition coefficient (Wildman–Crippen LogP) is 7.91. The molecular formula is C36H30P2S. The van der Waals surface area contributed by atoms with Crippen molar-refractivity contribution in [3.8, 4) is 0 Å². The molecule has 3 heteroatoms. The van der Waals surface area contributed by atoms with E-state index < -0.39 is 15.8 Å². The van der Waals surface area contributed by atoms with E-state index in [1.54, 1.807) is 0 Å². The molecule has 1 aliphatic rings. The molecule has 0 saturated carbocycles. The normalized spacial score (nSPS) is 15.4. The Labute approximate surface area is 239 Å². The van der Waals surface area contributed by atoms with Crippen molar-refractivity contribution in [3.63, 3.8) is 0 Å². The maximum atomic E-state index is 2.43. The van der Waals surface area contributed by atoms with Gasteiger partial charge in [0, 0.05) is 15.4 Å². The summed E-state index contributed by atoms with van der Waals surface area (Å²) in [5, 5.41) is 7.03. The van der Waals surface area contributed by atoms with Gasteiger partial charge in [0.2, 0.25) is 0 Å². The molecule has 5 aromatic carbocycles. The topological polar surface area (TPSA) is 0 Å². The highest BCUT2D eigenvalue weighted by atomic mass is 32.2. The van der Waals surface area contributed by atoms with E-state index in [1.807, 2.05) is 11.8 Å². The fourth-order valence-electron chi connectivity index (χ4n) is 5.00. The van der Waals surface area contributed by atoms with Crippen molar-refractivity contribution in [1.29, 1.82) is 0 Å². The highest BCUT2D eigenvalue weighted by Gasteiger charge is 2.23. The predicted molar refractivity (Wildman–Crippen MR) is 175 cm³/mol. The second-order valence-electron chi connectivity index (χ2n) is 9.42. The van der Waals surface area contributed by atoms with Crippen LogP contribution in [0.15, 0.2) is 174 Å². The minimum Gasteiger partial charge on any atom is -0.0901 e. The summed E-state index contributed by atoms with van der Waals surface area (Å²) in [7, 11) is -1.10. The van der Waals surface area contributed by atoms with Gasteiger partial charge < -0.3 is 0 Å². The van der Waals surface area contributed by atoms with E-state index in [9.17, 15) is 0 Å². The average molecular weight is 557 g/mol. The Morgan fingerprint density at radius 1 is 0.487 bits per heavy atom. The lowest BCUT2D eigenvalue weighted by Gasteiger charge is -2.27. The van der Waals surface area contributed by atoms with Crippen LogP contribution in [-0.2, 0) is 0 Å². The molecule has 0 radical (unpaired) electrons. The molecule has 2 atom stereocenters. The van der Waals surface area contributed by atoms with Gasteiger partial charge in [-0.2, -0.15) is 0 Å². The van der Waals surface area contributed by atoms with Crippen LogP contribution in [0.5, 0.6) is 0 Å². The summed E-state index contributed by atoms with van der Waals surface area (Å²) in [6.07, 6.45) is 10.2. The van der Waals surface area contributed by atoms with E-state index in [0.717, 1.165) is 6.42 Å². The third-order valence-corrected chi connectivity index (χ3v) is 12.9. The summed E-state index contributed by atoms with van der Waals surface area (Å²) in [6.45, 7) is 0. The van der Waals surface area contributed by atoms with Crippen LogP contribution < -0.4 is 26.5 Å². The number of hydrogen-bond acceptors (Lipinski definition) is 1. The van der Waals surface area contributed by atoms with Crippen molar-refractivity contribution in [1.82, 2.24) is 0 Å². The largest absolute Gasteiger partial charge is 0.0901 e. The van der Waals surface area contributed by atoms with Crippen LogP contribution in [0.1, 0.15) is 6.42 Å². The highest BCUT2D eigenvalue weighted by Crippen LogP contribution is 2.44. The zero-order chi connectivity index (χ0) is 26.3. The molecule has 39 heavy (non-hydrogen) atoms. The summed E-state index contributed by atoms with van der Waals surface area (Å²) < 4.78 is 0. The van der Waals surface area contributed by atoms with Gasteiger partial charge in [-0.15, -0.1) is 0 Å². The van der Waals surface area contributed by atoms with E-state index in [-0.39, 0.29) is 0 Å². The first kappa shape index (κ1) is 26.0. The van der Waals surface area contributed by atoms with Crippen molar-refractivity contribution in [2.45, 2.75) is 21.9 Å². The van der Waals surface area contributed by atoms with Gasteiger partial charge in [-0.3, -0.25) is 0 Å². The van der Waals surface area contributed by atoms with E-state index in [2.05, 4.69) is 164 Å². The van der Waals surface area contributed by atoms with Crippen LogP contribution in [0.3, 0.4) is 0 Å². The fourth-order valence-corrected chi connectivity index (χ4v) is 11.1. The van der Waals surface area contributed by atoms with Gasteiger partial charge in [0.05, 0.1) is 0 Å². The summed E-state index contributed by atoms with van der Waals surface area (Å²) in [4.78, 5) is 2.58. The van der Waals surface area contributed by atoms with Crippen LogP contribution in [0.25, 0.3) is 0 Å². The van der Waals surface area contributed by atoms with Crippen LogP contribution in [0.4, 0.5) is 0 Å². The van der Waals surface area contributed by atoms with Crippen molar-refractivity contribution in [3.05, 3.63) is 164 Å². The molecular weight excluding hydrogens is 526 g/mol. The monoisotopic (exact) mass is 556 g/mol. The summed E-state index contributed by atoms with van der Waals surface area (Å²) in [5.41, 5.74) is 0.524. The number of benzene rings is 5. The van der Waals surface area contributed by atoms with Crippen LogP contribution in [0.2, 0.25) is 0 Å².